The second-order valence-electron chi connectivity index (χ2n) is 7.08. The van der Waals surface area contributed by atoms with Gasteiger partial charge in [-0.05, 0) is 29.3 Å². The van der Waals surface area contributed by atoms with Crippen molar-refractivity contribution in [3.05, 3.63) is 53.6 Å². The number of hydrogen-bond donors (Lipinski definition) is 1. The number of carbonyl (C=O) groups excluding carboxylic acids is 1. The molecular formula is C22H26N2O4S. The first-order valence-electron chi connectivity index (χ1n) is 9.93. The van der Waals surface area contributed by atoms with Gasteiger partial charge in [-0.2, -0.15) is 0 Å². The normalized spacial score (nSPS) is 16.4. The second kappa shape index (κ2) is 10.0. The van der Waals surface area contributed by atoms with Gasteiger partial charge in [0, 0.05) is 31.1 Å². The number of nitrogens with zero attached hydrogens (tertiary/aromatic N) is 1. The number of benzene rings is 2. The molecule has 0 saturated carbocycles. The van der Waals surface area contributed by atoms with Crippen molar-refractivity contribution in [2.45, 2.75) is 18.0 Å². The van der Waals surface area contributed by atoms with E-state index in [1.54, 1.807) is 0 Å². The molecule has 0 radical (unpaired) electrons. The van der Waals surface area contributed by atoms with Gasteiger partial charge in [-0.15, -0.1) is 11.8 Å². The molecule has 7 heteroatoms. The molecule has 4 rings (SSSR count). The van der Waals surface area contributed by atoms with E-state index in [0.717, 1.165) is 54.8 Å². The molecule has 0 spiro atoms. The summed E-state index contributed by atoms with van der Waals surface area (Å²) in [6, 6.07) is 14.2. The Kier molecular flexibility index (Phi) is 6.92. The highest BCUT2D eigenvalue weighted by molar-refractivity contribution is 8.00. The van der Waals surface area contributed by atoms with Gasteiger partial charge in [0.1, 0.15) is 13.2 Å². The maximum atomic E-state index is 12.3. The van der Waals surface area contributed by atoms with Gasteiger partial charge >= 0.3 is 0 Å². The van der Waals surface area contributed by atoms with Crippen molar-refractivity contribution in [1.82, 2.24) is 10.2 Å². The summed E-state index contributed by atoms with van der Waals surface area (Å²) in [5, 5.41) is 3.01. The molecule has 2 aliphatic heterocycles. The van der Waals surface area contributed by atoms with Crippen LogP contribution < -0.4 is 14.8 Å². The zero-order chi connectivity index (χ0) is 19.9. The van der Waals surface area contributed by atoms with E-state index in [1.807, 2.05) is 18.2 Å². The van der Waals surface area contributed by atoms with Gasteiger partial charge in [0.2, 0.25) is 5.91 Å². The molecule has 0 atom stereocenters. The minimum Gasteiger partial charge on any atom is -0.486 e. The lowest BCUT2D eigenvalue weighted by Crippen LogP contribution is -2.35. The van der Waals surface area contributed by atoms with Crippen molar-refractivity contribution >= 4 is 17.7 Å². The SMILES string of the molecule is O=C(CSc1ccc2c(c1)OCCO2)NCc1cccc(CN2CCOCC2)c1. The quantitative estimate of drug-likeness (QED) is 0.703. The van der Waals surface area contributed by atoms with Gasteiger partial charge in [-0.25, -0.2) is 0 Å². The van der Waals surface area contributed by atoms with E-state index >= 15 is 0 Å². The lowest BCUT2D eigenvalue weighted by atomic mass is 10.1. The average Bonchev–Trinajstić information content (AvgIpc) is 2.77. The van der Waals surface area contributed by atoms with E-state index in [9.17, 15) is 4.79 Å². The molecule has 2 aliphatic rings. The topological polar surface area (TPSA) is 60.0 Å². The molecule has 0 aromatic heterocycles. The molecule has 0 unspecified atom stereocenters. The summed E-state index contributed by atoms with van der Waals surface area (Å²) in [4.78, 5) is 15.7. The number of ether oxygens (including phenoxy) is 3. The van der Waals surface area contributed by atoms with Crippen molar-refractivity contribution in [1.29, 1.82) is 0 Å². The standard InChI is InChI=1S/C22H26N2O4S/c25-22(16-29-19-4-5-20-21(13-19)28-11-10-27-20)23-14-17-2-1-3-18(12-17)15-24-6-8-26-9-7-24/h1-5,12-13H,6-11,14-16H2,(H,23,25). The smallest absolute Gasteiger partial charge is 0.230 e. The number of thioether (sulfide) groups is 1. The van der Waals surface area contributed by atoms with Crippen LogP contribution in [0.15, 0.2) is 47.4 Å². The summed E-state index contributed by atoms with van der Waals surface area (Å²) in [6.07, 6.45) is 0. The van der Waals surface area contributed by atoms with Crippen molar-refractivity contribution in [3.8, 4) is 11.5 Å². The monoisotopic (exact) mass is 414 g/mol. The van der Waals surface area contributed by atoms with Crippen molar-refractivity contribution < 1.29 is 19.0 Å². The third-order valence-electron chi connectivity index (χ3n) is 4.87. The Morgan fingerprint density at radius 2 is 1.76 bits per heavy atom. The van der Waals surface area contributed by atoms with Crippen LogP contribution in [0.2, 0.25) is 0 Å². The minimum atomic E-state index is 0.0171. The minimum absolute atomic E-state index is 0.0171. The Hall–Kier alpha value is -2.22. The molecule has 29 heavy (non-hydrogen) atoms. The summed E-state index contributed by atoms with van der Waals surface area (Å²) >= 11 is 1.50. The highest BCUT2D eigenvalue weighted by Gasteiger charge is 2.13. The number of nitrogens with one attached hydrogen (secondary N) is 1. The Morgan fingerprint density at radius 3 is 2.62 bits per heavy atom. The summed E-state index contributed by atoms with van der Waals surface area (Å²) in [6.45, 7) is 6.15. The number of amides is 1. The predicted octanol–water partition coefficient (Wildman–Crippen LogP) is 2.70. The Bertz CT molecular complexity index is 839. The highest BCUT2D eigenvalue weighted by atomic mass is 32.2. The molecule has 2 aromatic carbocycles. The first kappa shape index (κ1) is 20.1. The largest absolute Gasteiger partial charge is 0.486 e. The predicted molar refractivity (Wildman–Crippen MR) is 113 cm³/mol. The number of rotatable bonds is 7. The first-order valence-corrected chi connectivity index (χ1v) is 10.9. The van der Waals surface area contributed by atoms with Crippen molar-refractivity contribution in [2.75, 3.05) is 45.3 Å². The van der Waals surface area contributed by atoms with E-state index in [4.69, 9.17) is 14.2 Å². The van der Waals surface area contributed by atoms with Gasteiger partial charge in [0.05, 0.1) is 19.0 Å². The lowest BCUT2D eigenvalue weighted by Gasteiger charge is -2.26. The Balaban J connectivity index is 1.23. The van der Waals surface area contributed by atoms with Crippen molar-refractivity contribution in [3.63, 3.8) is 0 Å². The molecule has 1 saturated heterocycles. The number of hydrogen-bond acceptors (Lipinski definition) is 6. The van der Waals surface area contributed by atoms with E-state index in [0.29, 0.717) is 25.5 Å². The molecule has 0 aliphatic carbocycles. The third kappa shape index (κ3) is 5.88. The highest BCUT2D eigenvalue weighted by Crippen LogP contribution is 2.34. The van der Waals surface area contributed by atoms with Crippen LogP contribution in [-0.4, -0.2) is 56.1 Å². The molecule has 2 aromatic rings. The fourth-order valence-corrected chi connectivity index (χ4v) is 4.12. The summed E-state index contributed by atoms with van der Waals surface area (Å²) in [5.41, 5.74) is 2.39. The van der Waals surface area contributed by atoms with E-state index in [-0.39, 0.29) is 5.91 Å². The van der Waals surface area contributed by atoms with E-state index in [1.165, 1.54) is 17.3 Å². The Morgan fingerprint density at radius 1 is 0.966 bits per heavy atom. The van der Waals surface area contributed by atoms with Crippen LogP contribution in [0, 0.1) is 0 Å². The molecule has 1 N–H and O–H groups in total. The fourth-order valence-electron chi connectivity index (χ4n) is 3.37. The van der Waals surface area contributed by atoms with Crippen LogP contribution in [0.5, 0.6) is 11.5 Å². The molecule has 154 valence electrons. The number of morpholine rings is 1. The lowest BCUT2D eigenvalue weighted by molar-refractivity contribution is -0.118. The van der Waals surface area contributed by atoms with Crippen LogP contribution in [0.1, 0.15) is 11.1 Å². The van der Waals surface area contributed by atoms with Crippen LogP contribution >= 0.6 is 11.8 Å². The molecule has 1 amide bonds. The molecule has 2 heterocycles. The Labute approximate surface area is 175 Å². The summed E-state index contributed by atoms with van der Waals surface area (Å²) in [5.74, 6) is 1.90. The van der Waals surface area contributed by atoms with Crippen LogP contribution in [0.25, 0.3) is 0 Å². The van der Waals surface area contributed by atoms with Gasteiger partial charge in [-0.1, -0.05) is 24.3 Å². The maximum Gasteiger partial charge on any atom is 0.230 e. The van der Waals surface area contributed by atoms with Crippen LogP contribution in [-0.2, 0) is 22.6 Å². The van der Waals surface area contributed by atoms with Gasteiger partial charge < -0.3 is 19.5 Å². The van der Waals surface area contributed by atoms with Crippen LogP contribution in [0.3, 0.4) is 0 Å². The molecular weight excluding hydrogens is 388 g/mol. The van der Waals surface area contributed by atoms with Crippen molar-refractivity contribution in [2.24, 2.45) is 0 Å². The fraction of sp³-hybridized carbons (Fsp3) is 0.409. The molecule has 0 bridgehead atoms. The second-order valence-corrected chi connectivity index (χ2v) is 8.13. The summed E-state index contributed by atoms with van der Waals surface area (Å²) < 4.78 is 16.5. The van der Waals surface area contributed by atoms with Crippen LogP contribution in [0.4, 0.5) is 0 Å². The molecule has 6 nitrogen and oxygen atoms in total. The van der Waals surface area contributed by atoms with E-state index < -0.39 is 0 Å². The summed E-state index contributed by atoms with van der Waals surface area (Å²) in [7, 11) is 0. The number of carbonyl (C=O) groups is 1. The zero-order valence-electron chi connectivity index (χ0n) is 16.4. The van der Waals surface area contributed by atoms with Gasteiger partial charge in [0.15, 0.2) is 11.5 Å². The number of fused-ring (bicyclic) bond motifs is 1. The zero-order valence-corrected chi connectivity index (χ0v) is 17.2. The third-order valence-corrected chi connectivity index (χ3v) is 5.87. The first-order chi connectivity index (χ1) is 14.3. The van der Waals surface area contributed by atoms with Gasteiger partial charge in [0.25, 0.3) is 0 Å². The average molecular weight is 415 g/mol. The van der Waals surface area contributed by atoms with E-state index in [2.05, 4.69) is 34.5 Å². The maximum absolute atomic E-state index is 12.3. The van der Waals surface area contributed by atoms with Gasteiger partial charge in [-0.3, -0.25) is 9.69 Å². The molecule has 1 fully saturated rings.